The molecule has 3 N–H and O–H groups in total. The third-order valence-electron chi connectivity index (χ3n) is 21.6. The van der Waals surface area contributed by atoms with Crippen LogP contribution in [0.5, 0.6) is 0 Å². The van der Waals surface area contributed by atoms with Gasteiger partial charge in [-0.1, -0.05) is 433 Å². The maximum atomic E-state index is 13.2. The fraction of sp³-hybridized carbons (Fsp3) is 0.956. The lowest BCUT2D eigenvalue weighted by atomic mass is 9.99. The maximum Gasteiger partial charge on any atom is 0.472 e. The molecule has 0 amide bonds. The van der Waals surface area contributed by atoms with Gasteiger partial charge in [-0.3, -0.25) is 37.3 Å². The van der Waals surface area contributed by atoms with Crippen LogP contribution in [0.15, 0.2) is 0 Å². The Hall–Kier alpha value is -1.94. The Balaban J connectivity index is 5.25. The SMILES string of the molecule is CCCCCCCCCCCCCCCCCCCCCCC(=O)OC[C@H](COP(=O)(O)OC[C@@H](O)COP(=O)(O)OC[C@@H](COC(=O)CCCCCCCCCCC(C)CC)OC(=O)CCCCCCCCCCCCCCCCC(C)C)OC(=O)CCCCCCCCCCCCCCCCCCCCCC. The number of rotatable bonds is 89. The Morgan fingerprint density at radius 2 is 0.468 bits per heavy atom. The molecule has 0 aliphatic rings. The highest BCUT2D eigenvalue weighted by atomic mass is 31.2. The molecule has 3 unspecified atom stereocenters. The van der Waals surface area contributed by atoms with E-state index in [9.17, 15) is 43.2 Å². The van der Waals surface area contributed by atoms with Crippen molar-refractivity contribution >= 4 is 39.5 Å². The van der Waals surface area contributed by atoms with Gasteiger partial charge in [-0.2, -0.15) is 0 Å². The van der Waals surface area contributed by atoms with Crippen molar-refractivity contribution in [2.24, 2.45) is 11.8 Å². The topological polar surface area (TPSA) is 237 Å². The summed E-state index contributed by atoms with van der Waals surface area (Å²) in [5.74, 6) is -0.525. The van der Waals surface area contributed by atoms with Crippen LogP contribution in [0.4, 0.5) is 0 Å². The van der Waals surface area contributed by atoms with Crippen LogP contribution in [0.25, 0.3) is 0 Å². The first-order valence-electron chi connectivity index (χ1n) is 46.5. The highest BCUT2D eigenvalue weighted by Gasteiger charge is 2.31. The van der Waals surface area contributed by atoms with Crippen molar-refractivity contribution in [2.75, 3.05) is 39.6 Å². The molecule has 0 radical (unpaired) electrons. The van der Waals surface area contributed by atoms with Crippen molar-refractivity contribution in [3.05, 3.63) is 0 Å². The minimum absolute atomic E-state index is 0.107. The minimum atomic E-state index is -4.97. The summed E-state index contributed by atoms with van der Waals surface area (Å²) >= 11 is 0. The second-order valence-electron chi connectivity index (χ2n) is 33.1. The molecular formula is C90H176O17P2. The third-order valence-corrected chi connectivity index (χ3v) is 23.5. The monoisotopic (exact) mass is 1590 g/mol. The van der Waals surface area contributed by atoms with Crippen molar-refractivity contribution in [2.45, 2.75) is 503 Å². The summed E-state index contributed by atoms with van der Waals surface area (Å²) < 4.78 is 69.1. The first-order valence-corrected chi connectivity index (χ1v) is 49.5. The zero-order chi connectivity index (χ0) is 79.9. The number of hydrogen-bond acceptors (Lipinski definition) is 15. The van der Waals surface area contributed by atoms with E-state index in [-0.39, 0.29) is 25.7 Å². The largest absolute Gasteiger partial charge is 0.472 e. The molecule has 109 heavy (non-hydrogen) atoms. The van der Waals surface area contributed by atoms with Gasteiger partial charge in [0, 0.05) is 25.7 Å². The van der Waals surface area contributed by atoms with Gasteiger partial charge in [0.05, 0.1) is 26.4 Å². The molecule has 17 nitrogen and oxygen atoms in total. The number of ether oxygens (including phenoxy) is 4. The van der Waals surface area contributed by atoms with Gasteiger partial charge in [0.2, 0.25) is 0 Å². The van der Waals surface area contributed by atoms with E-state index in [1.165, 1.54) is 302 Å². The maximum absolute atomic E-state index is 13.2. The highest BCUT2D eigenvalue weighted by Crippen LogP contribution is 2.45. The number of phosphoric acid groups is 2. The van der Waals surface area contributed by atoms with Gasteiger partial charge in [-0.05, 0) is 37.5 Å². The summed E-state index contributed by atoms with van der Waals surface area (Å²) in [6.07, 6.45) is 75.0. The molecule has 0 saturated heterocycles. The molecular weight excluding hydrogens is 1410 g/mol. The third kappa shape index (κ3) is 82.4. The Morgan fingerprint density at radius 3 is 0.697 bits per heavy atom. The van der Waals surface area contributed by atoms with Gasteiger partial charge in [-0.15, -0.1) is 0 Å². The molecule has 0 aromatic heterocycles. The van der Waals surface area contributed by atoms with Crippen molar-refractivity contribution in [3.8, 4) is 0 Å². The summed E-state index contributed by atoms with van der Waals surface area (Å²) in [6.45, 7) is 9.72. The second-order valence-corrected chi connectivity index (χ2v) is 36.0. The van der Waals surface area contributed by atoms with Crippen molar-refractivity contribution in [1.82, 2.24) is 0 Å². The van der Waals surface area contributed by atoms with Crippen LogP contribution in [-0.2, 0) is 65.4 Å². The predicted octanol–water partition coefficient (Wildman–Crippen LogP) is 27.8. The van der Waals surface area contributed by atoms with Crippen LogP contribution in [0, 0.1) is 11.8 Å². The summed E-state index contributed by atoms with van der Waals surface area (Å²) in [5.41, 5.74) is 0. The summed E-state index contributed by atoms with van der Waals surface area (Å²) in [5, 5.41) is 10.7. The lowest BCUT2D eigenvalue weighted by molar-refractivity contribution is -0.161. The van der Waals surface area contributed by atoms with Gasteiger partial charge in [0.15, 0.2) is 12.2 Å². The Morgan fingerprint density at radius 1 is 0.266 bits per heavy atom. The molecule has 0 aromatic rings. The molecule has 19 heteroatoms. The zero-order valence-corrected chi connectivity index (χ0v) is 73.7. The first kappa shape index (κ1) is 107. The molecule has 0 aliphatic carbocycles. The van der Waals surface area contributed by atoms with Crippen LogP contribution in [0.1, 0.15) is 485 Å². The van der Waals surface area contributed by atoms with Crippen LogP contribution < -0.4 is 0 Å². The van der Waals surface area contributed by atoms with E-state index >= 15 is 0 Å². The van der Waals surface area contributed by atoms with Crippen LogP contribution in [0.3, 0.4) is 0 Å². The number of carbonyl (C=O) groups excluding carboxylic acids is 4. The Kier molecular flexibility index (Phi) is 79.8. The number of esters is 4. The second kappa shape index (κ2) is 81.2. The lowest BCUT2D eigenvalue weighted by Crippen LogP contribution is -2.30. The number of hydrogen-bond donors (Lipinski definition) is 3. The molecule has 0 heterocycles. The van der Waals surface area contributed by atoms with Gasteiger partial charge < -0.3 is 33.8 Å². The van der Waals surface area contributed by atoms with Gasteiger partial charge >= 0.3 is 39.5 Å². The lowest BCUT2D eigenvalue weighted by Gasteiger charge is -2.21. The van der Waals surface area contributed by atoms with Crippen LogP contribution >= 0.6 is 15.6 Å². The number of phosphoric ester groups is 2. The highest BCUT2D eigenvalue weighted by molar-refractivity contribution is 7.47. The zero-order valence-electron chi connectivity index (χ0n) is 71.9. The molecule has 6 atom stereocenters. The van der Waals surface area contributed by atoms with E-state index in [0.29, 0.717) is 25.7 Å². The average Bonchev–Trinajstić information content (AvgIpc) is 0.972. The van der Waals surface area contributed by atoms with E-state index in [1.807, 2.05) is 0 Å². The molecule has 0 aliphatic heterocycles. The van der Waals surface area contributed by atoms with E-state index in [0.717, 1.165) is 102 Å². The van der Waals surface area contributed by atoms with Gasteiger partial charge in [0.25, 0.3) is 0 Å². The number of aliphatic hydroxyl groups is 1. The summed E-state index contributed by atoms with van der Waals surface area (Å²) in [6, 6.07) is 0. The van der Waals surface area contributed by atoms with Crippen molar-refractivity contribution in [3.63, 3.8) is 0 Å². The normalized spacial score (nSPS) is 14.0. The van der Waals surface area contributed by atoms with Gasteiger partial charge in [0.1, 0.15) is 19.3 Å². The molecule has 0 spiro atoms. The van der Waals surface area contributed by atoms with E-state index in [2.05, 4.69) is 41.5 Å². The molecule has 0 aromatic carbocycles. The fourth-order valence-electron chi connectivity index (χ4n) is 14.1. The van der Waals surface area contributed by atoms with Gasteiger partial charge in [-0.25, -0.2) is 9.13 Å². The average molecular weight is 1590 g/mol. The fourth-order valence-corrected chi connectivity index (χ4v) is 15.7. The summed E-state index contributed by atoms with van der Waals surface area (Å²) in [7, 11) is -9.94. The standard InChI is InChI=1S/C90H176O17P2/c1-7-10-12-14-16-18-20-22-24-26-28-30-32-34-39-43-47-54-60-66-72-87(92)100-78-85(106-89(94)74-68-62-56-48-44-40-35-33-31-29-27-25-23-21-19-17-15-13-11-8-2)80-104-108(96,97)102-76-84(91)77-103-109(98,99)105-81-86(79-101-88(93)73-67-61-55-51-50-53-59-65-71-83(6)9-3)107-90(95)75-69-63-57-49-45-41-37-36-38-42-46-52-58-64-70-82(4)5/h82-86,91H,7-81H2,1-6H3,(H,96,97)(H,98,99)/t83?,84-,85-,86-/m1/s1. The Labute approximate surface area is 670 Å². The predicted molar refractivity (Wildman–Crippen MR) is 451 cm³/mol. The minimum Gasteiger partial charge on any atom is -0.462 e. The van der Waals surface area contributed by atoms with E-state index in [4.69, 9.17) is 37.0 Å². The molecule has 648 valence electrons. The first-order chi connectivity index (χ1) is 52.9. The Bertz CT molecular complexity index is 2080. The van der Waals surface area contributed by atoms with Crippen molar-refractivity contribution < 1.29 is 80.2 Å². The summed E-state index contributed by atoms with van der Waals surface area (Å²) in [4.78, 5) is 73.4. The van der Waals surface area contributed by atoms with E-state index in [1.54, 1.807) is 0 Å². The molecule has 0 rings (SSSR count). The molecule has 0 saturated carbocycles. The number of aliphatic hydroxyl groups excluding tert-OH is 1. The van der Waals surface area contributed by atoms with Crippen molar-refractivity contribution in [1.29, 1.82) is 0 Å². The smallest absolute Gasteiger partial charge is 0.462 e. The number of carbonyl (C=O) groups is 4. The molecule has 0 fully saturated rings. The van der Waals surface area contributed by atoms with E-state index < -0.39 is 97.5 Å². The number of unbranched alkanes of at least 4 members (excludes halogenated alkanes) is 58. The van der Waals surface area contributed by atoms with Crippen LogP contribution in [-0.4, -0.2) is 96.7 Å². The van der Waals surface area contributed by atoms with Crippen LogP contribution in [0.2, 0.25) is 0 Å². The quantitative estimate of drug-likeness (QED) is 0.0222. The molecule has 0 bridgehead atoms.